The van der Waals surface area contributed by atoms with Gasteiger partial charge < -0.3 is 5.32 Å². The number of nitrogens with one attached hydrogen (secondary N) is 1. The van der Waals surface area contributed by atoms with Crippen LogP contribution in [-0.2, 0) is 0 Å². The molecule has 19 heavy (non-hydrogen) atoms. The highest BCUT2D eigenvalue weighted by atomic mass is 35.5. The van der Waals surface area contributed by atoms with Crippen LogP contribution in [0.3, 0.4) is 0 Å². The van der Waals surface area contributed by atoms with Crippen LogP contribution in [0.1, 0.15) is 11.6 Å². The van der Waals surface area contributed by atoms with E-state index in [4.69, 9.17) is 0 Å². The average molecular weight is 299 g/mol. The standard InChI is InChI=1S/C12H14F4N2.ClH/c13-7-10(18-5-3-17-4-6-18)8-1-2-9(14)12(16)11(8)15;/h1-2,10,17H,3-7H2;1H/t10-;/m1./s1. The summed E-state index contributed by atoms with van der Waals surface area (Å²) in [6.07, 6.45) is 0. The van der Waals surface area contributed by atoms with Crippen molar-refractivity contribution in [1.82, 2.24) is 10.2 Å². The molecule has 1 aliphatic rings. The van der Waals surface area contributed by atoms with Crippen LogP contribution in [0, 0.1) is 17.5 Å². The van der Waals surface area contributed by atoms with Gasteiger partial charge in [-0.25, -0.2) is 17.6 Å². The molecule has 1 aliphatic heterocycles. The molecule has 1 aromatic rings. The third-order valence-electron chi connectivity index (χ3n) is 3.16. The van der Waals surface area contributed by atoms with Crippen molar-refractivity contribution in [2.24, 2.45) is 0 Å². The number of hydrogen-bond donors (Lipinski definition) is 1. The van der Waals surface area contributed by atoms with Crippen LogP contribution >= 0.6 is 12.4 Å². The molecule has 0 saturated carbocycles. The van der Waals surface area contributed by atoms with Crippen LogP contribution in [0.25, 0.3) is 0 Å². The maximum atomic E-state index is 13.6. The van der Waals surface area contributed by atoms with E-state index in [0.717, 1.165) is 12.1 Å². The van der Waals surface area contributed by atoms with Gasteiger partial charge in [-0.15, -0.1) is 12.4 Å². The predicted molar refractivity (Wildman–Crippen MR) is 66.7 cm³/mol. The summed E-state index contributed by atoms with van der Waals surface area (Å²) in [6.45, 7) is 1.60. The topological polar surface area (TPSA) is 15.3 Å². The molecule has 1 heterocycles. The minimum absolute atomic E-state index is 0. The van der Waals surface area contributed by atoms with Crippen LogP contribution in [-0.4, -0.2) is 37.8 Å². The first kappa shape index (κ1) is 16.2. The normalized spacial score (nSPS) is 17.9. The maximum Gasteiger partial charge on any atom is 0.194 e. The quantitative estimate of drug-likeness (QED) is 0.681. The minimum atomic E-state index is -1.54. The van der Waals surface area contributed by atoms with E-state index in [0.29, 0.717) is 26.2 Å². The van der Waals surface area contributed by atoms with Gasteiger partial charge in [-0.1, -0.05) is 6.07 Å². The molecule has 1 N–H and O–H groups in total. The first-order chi connectivity index (χ1) is 8.65. The van der Waals surface area contributed by atoms with Crippen molar-refractivity contribution >= 4 is 12.4 Å². The molecule has 108 valence electrons. The molecule has 1 atom stereocenters. The zero-order chi connectivity index (χ0) is 13.1. The fourth-order valence-electron chi connectivity index (χ4n) is 2.17. The Morgan fingerprint density at radius 2 is 1.74 bits per heavy atom. The van der Waals surface area contributed by atoms with Gasteiger partial charge in [0, 0.05) is 31.7 Å². The van der Waals surface area contributed by atoms with Crippen LogP contribution in [0.5, 0.6) is 0 Å². The summed E-state index contributed by atoms with van der Waals surface area (Å²) in [5.74, 6) is -4.09. The maximum absolute atomic E-state index is 13.6. The van der Waals surface area contributed by atoms with Gasteiger partial charge in [-0.05, 0) is 6.07 Å². The van der Waals surface area contributed by atoms with E-state index in [1.165, 1.54) is 0 Å². The van der Waals surface area contributed by atoms with Crippen molar-refractivity contribution in [3.05, 3.63) is 35.1 Å². The van der Waals surface area contributed by atoms with Gasteiger partial charge in [0.2, 0.25) is 0 Å². The van der Waals surface area contributed by atoms with Crippen molar-refractivity contribution in [3.8, 4) is 0 Å². The molecule has 0 aliphatic carbocycles. The predicted octanol–water partition coefficient (Wildman–Crippen LogP) is 2.44. The van der Waals surface area contributed by atoms with Crippen LogP contribution in [0.4, 0.5) is 17.6 Å². The molecule has 0 bridgehead atoms. The monoisotopic (exact) mass is 298 g/mol. The van der Waals surface area contributed by atoms with Crippen molar-refractivity contribution in [2.45, 2.75) is 6.04 Å². The Kier molecular flexibility index (Phi) is 6.03. The van der Waals surface area contributed by atoms with E-state index in [-0.39, 0.29) is 18.0 Å². The molecule has 0 amide bonds. The number of alkyl halides is 1. The third-order valence-corrected chi connectivity index (χ3v) is 3.16. The van der Waals surface area contributed by atoms with Crippen LogP contribution in [0.2, 0.25) is 0 Å². The van der Waals surface area contributed by atoms with Gasteiger partial charge in [0.1, 0.15) is 6.67 Å². The van der Waals surface area contributed by atoms with Crippen molar-refractivity contribution < 1.29 is 17.6 Å². The SMILES string of the molecule is Cl.FC[C@H](c1ccc(F)c(F)c1F)N1CCNCC1. The lowest BCUT2D eigenvalue weighted by atomic mass is 10.0. The minimum Gasteiger partial charge on any atom is -0.314 e. The second-order valence-electron chi connectivity index (χ2n) is 4.22. The first-order valence-corrected chi connectivity index (χ1v) is 5.79. The fraction of sp³-hybridized carbons (Fsp3) is 0.500. The summed E-state index contributed by atoms with van der Waals surface area (Å²) in [5.41, 5.74) is -0.127. The number of hydrogen-bond acceptors (Lipinski definition) is 2. The number of piperazine rings is 1. The molecule has 0 spiro atoms. The highest BCUT2D eigenvalue weighted by Crippen LogP contribution is 2.26. The van der Waals surface area contributed by atoms with Gasteiger partial charge in [0.25, 0.3) is 0 Å². The summed E-state index contributed by atoms with van der Waals surface area (Å²) < 4.78 is 52.7. The Bertz CT molecular complexity index is 424. The Morgan fingerprint density at radius 1 is 1.11 bits per heavy atom. The lowest BCUT2D eigenvalue weighted by Crippen LogP contribution is -2.46. The average Bonchev–Trinajstić information content (AvgIpc) is 2.41. The Labute approximate surface area is 115 Å². The number of benzene rings is 1. The van der Waals surface area contributed by atoms with Gasteiger partial charge >= 0.3 is 0 Å². The van der Waals surface area contributed by atoms with E-state index >= 15 is 0 Å². The number of rotatable bonds is 3. The molecule has 0 aromatic heterocycles. The zero-order valence-corrected chi connectivity index (χ0v) is 11.0. The molecular weight excluding hydrogens is 284 g/mol. The van der Waals surface area contributed by atoms with E-state index in [1.807, 2.05) is 0 Å². The summed E-state index contributed by atoms with van der Waals surface area (Å²) in [5, 5.41) is 3.09. The summed E-state index contributed by atoms with van der Waals surface area (Å²) in [7, 11) is 0. The Hall–Kier alpha value is -0.850. The summed E-state index contributed by atoms with van der Waals surface area (Å²) in [4.78, 5) is 1.73. The second-order valence-corrected chi connectivity index (χ2v) is 4.22. The second kappa shape index (κ2) is 7.07. The molecule has 0 unspecified atom stereocenters. The Morgan fingerprint density at radius 3 is 2.32 bits per heavy atom. The van der Waals surface area contributed by atoms with Gasteiger partial charge in [0.05, 0.1) is 6.04 Å². The highest BCUT2D eigenvalue weighted by molar-refractivity contribution is 5.85. The first-order valence-electron chi connectivity index (χ1n) is 5.79. The smallest absolute Gasteiger partial charge is 0.194 e. The molecule has 1 fully saturated rings. The van der Waals surface area contributed by atoms with Crippen molar-refractivity contribution in [3.63, 3.8) is 0 Å². The van der Waals surface area contributed by atoms with Gasteiger partial charge in [-0.2, -0.15) is 0 Å². The molecule has 1 saturated heterocycles. The molecule has 2 rings (SSSR count). The molecule has 2 nitrogen and oxygen atoms in total. The molecule has 0 radical (unpaired) electrons. The molecular formula is C12H15ClF4N2. The van der Waals surface area contributed by atoms with E-state index in [1.54, 1.807) is 4.90 Å². The Balaban J connectivity index is 0.00000180. The fourth-order valence-corrected chi connectivity index (χ4v) is 2.17. The lowest BCUT2D eigenvalue weighted by molar-refractivity contribution is 0.143. The van der Waals surface area contributed by atoms with E-state index in [2.05, 4.69) is 5.32 Å². The summed E-state index contributed by atoms with van der Waals surface area (Å²) >= 11 is 0. The summed E-state index contributed by atoms with van der Waals surface area (Å²) in [6, 6.07) is 1.08. The number of halogens is 5. The van der Waals surface area contributed by atoms with Crippen molar-refractivity contribution in [2.75, 3.05) is 32.9 Å². The van der Waals surface area contributed by atoms with Gasteiger partial charge in [-0.3, -0.25) is 4.90 Å². The van der Waals surface area contributed by atoms with Gasteiger partial charge in [0.15, 0.2) is 17.5 Å². The number of nitrogens with zero attached hydrogens (tertiary/aromatic N) is 1. The zero-order valence-electron chi connectivity index (χ0n) is 10.1. The lowest BCUT2D eigenvalue weighted by Gasteiger charge is -2.33. The highest BCUT2D eigenvalue weighted by Gasteiger charge is 2.26. The van der Waals surface area contributed by atoms with E-state index in [9.17, 15) is 17.6 Å². The van der Waals surface area contributed by atoms with Crippen molar-refractivity contribution in [1.29, 1.82) is 0 Å². The van der Waals surface area contributed by atoms with E-state index < -0.39 is 30.2 Å². The molecule has 7 heteroatoms. The van der Waals surface area contributed by atoms with Crippen LogP contribution in [0.15, 0.2) is 12.1 Å². The molecule has 1 aromatic carbocycles. The van der Waals surface area contributed by atoms with Crippen LogP contribution < -0.4 is 5.32 Å². The third kappa shape index (κ3) is 3.38. The largest absolute Gasteiger partial charge is 0.314 e.